The van der Waals surface area contributed by atoms with Crippen LogP contribution in [0.2, 0.25) is 0 Å². The average Bonchev–Trinajstić information content (AvgIpc) is 2.49. The zero-order chi connectivity index (χ0) is 15.1. The van der Waals surface area contributed by atoms with Gasteiger partial charge in [0.15, 0.2) is 0 Å². The van der Waals surface area contributed by atoms with Crippen molar-refractivity contribution in [3.63, 3.8) is 0 Å². The molecule has 0 fully saturated rings. The van der Waals surface area contributed by atoms with Gasteiger partial charge < -0.3 is 10.1 Å². The number of thioether (sulfide) groups is 1. The molecule has 1 aromatic carbocycles. The van der Waals surface area contributed by atoms with E-state index in [0.29, 0.717) is 18.2 Å². The SMILES string of the molecule is CSCC(=O)NCc1cccnc1Oc1ccccc1C. The van der Waals surface area contributed by atoms with Crippen LogP contribution >= 0.6 is 11.8 Å². The van der Waals surface area contributed by atoms with Crippen molar-refractivity contribution < 1.29 is 9.53 Å². The molecule has 0 unspecified atom stereocenters. The van der Waals surface area contributed by atoms with E-state index in [2.05, 4.69) is 10.3 Å². The van der Waals surface area contributed by atoms with Gasteiger partial charge in [0.2, 0.25) is 11.8 Å². The lowest BCUT2D eigenvalue weighted by molar-refractivity contribution is -0.118. The number of hydrogen-bond donors (Lipinski definition) is 1. The lowest BCUT2D eigenvalue weighted by Gasteiger charge is -2.12. The number of hydrogen-bond acceptors (Lipinski definition) is 4. The fourth-order valence-corrected chi connectivity index (χ4v) is 2.17. The summed E-state index contributed by atoms with van der Waals surface area (Å²) in [6.07, 6.45) is 3.58. The van der Waals surface area contributed by atoms with Crippen LogP contribution < -0.4 is 10.1 Å². The van der Waals surface area contributed by atoms with E-state index in [9.17, 15) is 4.79 Å². The molecule has 0 saturated heterocycles. The minimum absolute atomic E-state index is 0.00759. The molecule has 5 heteroatoms. The van der Waals surface area contributed by atoms with E-state index in [0.717, 1.165) is 16.9 Å². The van der Waals surface area contributed by atoms with Crippen molar-refractivity contribution in [1.82, 2.24) is 10.3 Å². The van der Waals surface area contributed by atoms with Crippen LogP contribution in [0.5, 0.6) is 11.6 Å². The van der Waals surface area contributed by atoms with Gasteiger partial charge in [0.1, 0.15) is 5.75 Å². The second-order valence-electron chi connectivity index (χ2n) is 4.54. The largest absolute Gasteiger partial charge is 0.438 e. The number of carbonyl (C=O) groups excluding carboxylic acids is 1. The predicted octanol–water partition coefficient (Wildman–Crippen LogP) is 3.16. The summed E-state index contributed by atoms with van der Waals surface area (Å²) in [5, 5.41) is 2.86. The molecule has 0 bridgehead atoms. The number of rotatable bonds is 6. The first-order chi connectivity index (χ1) is 10.2. The molecule has 0 aliphatic carbocycles. The molecule has 21 heavy (non-hydrogen) atoms. The molecule has 1 N–H and O–H groups in total. The van der Waals surface area contributed by atoms with E-state index in [1.165, 1.54) is 11.8 Å². The van der Waals surface area contributed by atoms with Gasteiger partial charge in [0.05, 0.1) is 5.75 Å². The summed E-state index contributed by atoms with van der Waals surface area (Å²) in [6.45, 7) is 2.40. The van der Waals surface area contributed by atoms with Gasteiger partial charge in [-0.25, -0.2) is 4.98 Å². The molecule has 110 valence electrons. The quantitative estimate of drug-likeness (QED) is 0.890. The van der Waals surface area contributed by atoms with Gasteiger partial charge in [-0.3, -0.25) is 4.79 Å². The minimum atomic E-state index is 0.00759. The monoisotopic (exact) mass is 302 g/mol. The van der Waals surface area contributed by atoms with E-state index in [1.54, 1.807) is 6.20 Å². The van der Waals surface area contributed by atoms with Crippen LogP contribution in [0.1, 0.15) is 11.1 Å². The van der Waals surface area contributed by atoms with E-state index < -0.39 is 0 Å². The zero-order valence-corrected chi connectivity index (χ0v) is 12.9. The lowest BCUT2D eigenvalue weighted by atomic mass is 10.2. The number of nitrogens with one attached hydrogen (secondary N) is 1. The summed E-state index contributed by atoms with van der Waals surface area (Å²) in [6, 6.07) is 11.5. The normalized spacial score (nSPS) is 10.2. The molecule has 0 atom stereocenters. The topological polar surface area (TPSA) is 51.2 Å². The van der Waals surface area contributed by atoms with Gasteiger partial charge >= 0.3 is 0 Å². The fraction of sp³-hybridized carbons (Fsp3) is 0.250. The first-order valence-corrected chi connectivity index (χ1v) is 8.03. The molecule has 1 amide bonds. The molecule has 2 aromatic rings. The summed E-state index contributed by atoms with van der Waals surface area (Å²) in [5.74, 6) is 1.76. The average molecular weight is 302 g/mol. The standard InChI is InChI=1S/C16H18N2O2S/c1-12-6-3-4-8-14(12)20-16-13(7-5-9-17-16)10-18-15(19)11-21-2/h3-9H,10-11H2,1-2H3,(H,18,19). The summed E-state index contributed by atoms with van der Waals surface area (Å²) in [7, 11) is 0. The van der Waals surface area contributed by atoms with Crippen LogP contribution in [-0.2, 0) is 11.3 Å². The van der Waals surface area contributed by atoms with Gasteiger partial charge in [0.25, 0.3) is 0 Å². The Kier molecular flexibility index (Phi) is 5.63. The maximum absolute atomic E-state index is 11.5. The third kappa shape index (κ3) is 4.49. The first-order valence-electron chi connectivity index (χ1n) is 6.63. The van der Waals surface area contributed by atoms with Crippen molar-refractivity contribution in [3.8, 4) is 11.6 Å². The Morgan fingerprint density at radius 3 is 2.86 bits per heavy atom. The Balaban J connectivity index is 2.10. The van der Waals surface area contributed by atoms with Crippen molar-refractivity contribution in [3.05, 3.63) is 53.7 Å². The van der Waals surface area contributed by atoms with E-state index in [4.69, 9.17) is 4.74 Å². The fourth-order valence-electron chi connectivity index (χ4n) is 1.80. The molecule has 0 aliphatic rings. The molecule has 1 aromatic heterocycles. The molecule has 1 heterocycles. The number of amides is 1. The Morgan fingerprint density at radius 1 is 1.29 bits per heavy atom. The van der Waals surface area contributed by atoms with Gasteiger partial charge in [0, 0.05) is 18.3 Å². The Labute approximate surface area is 128 Å². The number of benzene rings is 1. The van der Waals surface area contributed by atoms with E-state index in [-0.39, 0.29) is 5.91 Å². The highest BCUT2D eigenvalue weighted by atomic mass is 32.2. The van der Waals surface area contributed by atoms with Crippen molar-refractivity contribution in [2.45, 2.75) is 13.5 Å². The number of aromatic nitrogens is 1. The first kappa shape index (κ1) is 15.4. The van der Waals surface area contributed by atoms with E-state index in [1.807, 2.05) is 49.6 Å². The number of carbonyl (C=O) groups is 1. The van der Waals surface area contributed by atoms with Crippen LogP contribution in [0.4, 0.5) is 0 Å². The second kappa shape index (κ2) is 7.69. The molecule has 0 spiro atoms. The Hall–Kier alpha value is -2.01. The third-order valence-electron chi connectivity index (χ3n) is 2.90. The van der Waals surface area contributed by atoms with Crippen LogP contribution in [0.3, 0.4) is 0 Å². The number of ether oxygens (including phenoxy) is 1. The Bertz CT molecular complexity index is 617. The number of aryl methyl sites for hydroxylation is 1. The van der Waals surface area contributed by atoms with Crippen LogP contribution in [-0.4, -0.2) is 22.9 Å². The lowest BCUT2D eigenvalue weighted by Crippen LogP contribution is -2.24. The van der Waals surface area contributed by atoms with Crippen molar-refractivity contribution in [1.29, 1.82) is 0 Å². The molecule has 4 nitrogen and oxygen atoms in total. The van der Waals surface area contributed by atoms with Gasteiger partial charge in [-0.15, -0.1) is 0 Å². The minimum Gasteiger partial charge on any atom is -0.438 e. The summed E-state index contributed by atoms with van der Waals surface area (Å²) < 4.78 is 5.86. The number of para-hydroxylation sites is 1. The highest BCUT2D eigenvalue weighted by Crippen LogP contribution is 2.25. The number of nitrogens with zero attached hydrogens (tertiary/aromatic N) is 1. The van der Waals surface area contributed by atoms with Crippen LogP contribution in [0.25, 0.3) is 0 Å². The van der Waals surface area contributed by atoms with Crippen molar-refractivity contribution in [2.24, 2.45) is 0 Å². The molecule has 0 aliphatic heterocycles. The van der Waals surface area contributed by atoms with Crippen LogP contribution in [0, 0.1) is 6.92 Å². The third-order valence-corrected chi connectivity index (χ3v) is 3.45. The zero-order valence-electron chi connectivity index (χ0n) is 12.1. The summed E-state index contributed by atoms with van der Waals surface area (Å²) >= 11 is 1.49. The summed E-state index contributed by atoms with van der Waals surface area (Å²) in [5.41, 5.74) is 1.90. The van der Waals surface area contributed by atoms with Crippen LogP contribution in [0.15, 0.2) is 42.6 Å². The van der Waals surface area contributed by atoms with Crippen molar-refractivity contribution >= 4 is 17.7 Å². The summed E-state index contributed by atoms with van der Waals surface area (Å²) in [4.78, 5) is 15.8. The molecular formula is C16H18N2O2S. The highest BCUT2D eigenvalue weighted by molar-refractivity contribution is 7.99. The van der Waals surface area contributed by atoms with Gasteiger partial charge in [-0.1, -0.05) is 24.3 Å². The molecular weight excluding hydrogens is 284 g/mol. The van der Waals surface area contributed by atoms with Crippen molar-refractivity contribution in [2.75, 3.05) is 12.0 Å². The molecule has 0 radical (unpaired) electrons. The highest BCUT2D eigenvalue weighted by Gasteiger charge is 2.09. The molecule has 2 rings (SSSR count). The van der Waals surface area contributed by atoms with Gasteiger partial charge in [-0.05, 0) is 30.9 Å². The smallest absolute Gasteiger partial charge is 0.230 e. The predicted molar refractivity (Wildman–Crippen MR) is 85.7 cm³/mol. The maximum Gasteiger partial charge on any atom is 0.230 e. The Morgan fingerprint density at radius 2 is 2.10 bits per heavy atom. The molecule has 0 saturated carbocycles. The van der Waals surface area contributed by atoms with Gasteiger partial charge in [-0.2, -0.15) is 11.8 Å². The maximum atomic E-state index is 11.5. The number of pyridine rings is 1. The van der Waals surface area contributed by atoms with E-state index >= 15 is 0 Å². The second-order valence-corrected chi connectivity index (χ2v) is 5.41.